The molecule has 0 aromatic heterocycles. The van der Waals surface area contributed by atoms with Crippen molar-refractivity contribution in [3.05, 3.63) is 35.9 Å². The molecule has 0 spiro atoms. The molecule has 1 aromatic carbocycles. The molecule has 1 rings (SSSR count). The minimum absolute atomic E-state index is 0. The smallest absolute Gasteiger partial charge is 0.241 e. The summed E-state index contributed by atoms with van der Waals surface area (Å²) in [7, 11) is 1.65. The number of amides is 1. The van der Waals surface area contributed by atoms with Crippen LogP contribution in [0, 0.1) is 5.92 Å². The van der Waals surface area contributed by atoms with E-state index in [1.165, 1.54) is 0 Å². The Hall–Kier alpha value is -1.10. The highest BCUT2D eigenvalue weighted by atomic mass is 35.5. The summed E-state index contributed by atoms with van der Waals surface area (Å²) in [5.74, 6) is 0.131. The molecule has 0 saturated heterocycles. The van der Waals surface area contributed by atoms with Crippen LogP contribution in [0.4, 0.5) is 0 Å². The summed E-state index contributed by atoms with van der Waals surface area (Å²) in [6, 6.07) is 8.73. The second-order valence-corrected chi connectivity index (χ2v) is 4.19. The van der Waals surface area contributed by atoms with Gasteiger partial charge in [-0.05, 0) is 11.5 Å². The van der Waals surface area contributed by atoms with Gasteiger partial charge in [0.1, 0.15) is 6.04 Å². The third-order valence-electron chi connectivity index (χ3n) is 2.52. The molecule has 1 amide bonds. The highest BCUT2D eigenvalue weighted by molar-refractivity contribution is 5.85. The number of rotatable bonds is 6. The number of halogens is 1. The first-order valence-corrected chi connectivity index (χ1v) is 5.72. The first-order valence-electron chi connectivity index (χ1n) is 5.72. The van der Waals surface area contributed by atoms with Crippen molar-refractivity contribution in [2.75, 3.05) is 20.3 Å². The first-order chi connectivity index (χ1) is 8.15. The summed E-state index contributed by atoms with van der Waals surface area (Å²) in [4.78, 5) is 11.8. The van der Waals surface area contributed by atoms with Gasteiger partial charge < -0.3 is 15.8 Å². The third kappa shape index (κ3) is 5.49. The SMILES string of the molecule is COCC(C)CNC(=O)C(N)c1ccccc1.Cl. The number of nitrogens with one attached hydrogen (secondary N) is 1. The maximum absolute atomic E-state index is 11.8. The normalized spacial score (nSPS) is 13.3. The number of benzene rings is 1. The number of carbonyl (C=O) groups is 1. The van der Waals surface area contributed by atoms with Crippen molar-refractivity contribution in [3.63, 3.8) is 0 Å². The van der Waals surface area contributed by atoms with Gasteiger partial charge in [-0.1, -0.05) is 37.3 Å². The van der Waals surface area contributed by atoms with Crippen molar-refractivity contribution in [2.45, 2.75) is 13.0 Å². The highest BCUT2D eigenvalue weighted by Gasteiger charge is 2.15. The topological polar surface area (TPSA) is 64.3 Å². The third-order valence-corrected chi connectivity index (χ3v) is 2.52. The maximum Gasteiger partial charge on any atom is 0.241 e. The molecule has 0 aliphatic carbocycles. The van der Waals surface area contributed by atoms with Gasteiger partial charge in [-0.2, -0.15) is 0 Å². The molecular weight excluding hydrogens is 252 g/mol. The van der Waals surface area contributed by atoms with Gasteiger partial charge >= 0.3 is 0 Å². The molecular formula is C13H21ClN2O2. The van der Waals surface area contributed by atoms with Crippen LogP contribution in [0.25, 0.3) is 0 Å². The Labute approximate surface area is 114 Å². The van der Waals surface area contributed by atoms with Gasteiger partial charge in [0.25, 0.3) is 0 Å². The zero-order valence-electron chi connectivity index (χ0n) is 10.8. The van der Waals surface area contributed by atoms with Crippen LogP contribution < -0.4 is 11.1 Å². The van der Waals surface area contributed by atoms with Gasteiger partial charge in [-0.15, -0.1) is 12.4 Å². The van der Waals surface area contributed by atoms with E-state index in [0.717, 1.165) is 5.56 Å². The lowest BCUT2D eigenvalue weighted by Crippen LogP contribution is -2.37. The second kappa shape index (κ2) is 8.91. The number of ether oxygens (including phenoxy) is 1. The Morgan fingerprint density at radius 1 is 1.39 bits per heavy atom. The van der Waals surface area contributed by atoms with Crippen molar-refractivity contribution in [3.8, 4) is 0 Å². The molecule has 0 saturated carbocycles. The molecule has 102 valence electrons. The number of hydrogen-bond donors (Lipinski definition) is 2. The van der Waals surface area contributed by atoms with E-state index in [9.17, 15) is 4.79 Å². The summed E-state index contributed by atoms with van der Waals surface area (Å²) in [5.41, 5.74) is 6.68. The van der Waals surface area contributed by atoms with Crippen LogP contribution in [0.5, 0.6) is 0 Å². The van der Waals surface area contributed by atoms with E-state index in [0.29, 0.717) is 13.2 Å². The van der Waals surface area contributed by atoms with Crippen LogP contribution in [0.3, 0.4) is 0 Å². The van der Waals surface area contributed by atoms with Crippen LogP contribution in [0.2, 0.25) is 0 Å². The van der Waals surface area contributed by atoms with Crippen LogP contribution in [-0.2, 0) is 9.53 Å². The van der Waals surface area contributed by atoms with Crippen LogP contribution in [-0.4, -0.2) is 26.2 Å². The lowest BCUT2D eigenvalue weighted by molar-refractivity contribution is -0.122. The zero-order chi connectivity index (χ0) is 12.7. The minimum atomic E-state index is -0.606. The van der Waals surface area contributed by atoms with E-state index < -0.39 is 6.04 Å². The second-order valence-electron chi connectivity index (χ2n) is 4.19. The van der Waals surface area contributed by atoms with E-state index in [2.05, 4.69) is 5.32 Å². The molecule has 4 nitrogen and oxygen atoms in total. The summed E-state index contributed by atoms with van der Waals surface area (Å²) in [6.45, 7) is 3.21. The Bertz CT molecular complexity index is 346. The maximum atomic E-state index is 11.8. The quantitative estimate of drug-likeness (QED) is 0.825. The molecule has 2 atom stereocenters. The van der Waals surface area contributed by atoms with E-state index >= 15 is 0 Å². The molecule has 3 N–H and O–H groups in total. The lowest BCUT2D eigenvalue weighted by atomic mass is 10.1. The predicted octanol–water partition coefficient (Wildman–Crippen LogP) is 1.51. The summed E-state index contributed by atoms with van der Waals surface area (Å²) in [5, 5.41) is 2.82. The van der Waals surface area contributed by atoms with Gasteiger partial charge in [-0.25, -0.2) is 0 Å². The molecule has 1 aromatic rings. The minimum Gasteiger partial charge on any atom is -0.384 e. The van der Waals surface area contributed by atoms with Gasteiger partial charge in [0, 0.05) is 13.7 Å². The van der Waals surface area contributed by atoms with Crippen LogP contribution in [0.1, 0.15) is 18.5 Å². The van der Waals surface area contributed by atoms with Crippen molar-refractivity contribution in [1.82, 2.24) is 5.32 Å². The average molecular weight is 273 g/mol. The summed E-state index contributed by atoms with van der Waals surface area (Å²) < 4.78 is 5.00. The number of carbonyl (C=O) groups excluding carboxylic acids is 1. The highest BCUT2D eigenvalue weighted by Crippen LogP contribution is 2.09. The standard InChI is InChI=1S/C13H20N2O2.ClH/c1-10(9-17-2)8-15-13(16)12(14)11-6-4-3-5-7-11;/h3-7,10,12H,8-9,14H2,1-2H3,(H,15,16);1H. The van der Waals surface area contributed by atoms with Crippen molar-refractivity contribution in [1.29, 1.82) is 0 Å². The molecule has 0 bridgehead atoms. The number of hydrogen-bond acceptors (Lipinski definition) is 3. The van der Waals surface area contributed by atoms with Gasteiger partial charge in [0.05, 0.1) is 6.61 Å². The average Bonchev–Trinajstić information content (AvgIpc) is 2.36. The first kappa shape index (κ1) is 16.9. The van der Waals surface area contributed by atoms with Crippen molar-refractivity contribution in [2.24, 2.45) is 11.7 Å². The zero-order valence-corrected chi connectivity index (χ0v) is 11.6. The lowest BCUT2D eigenvalue weighted by Gasteiger charge is -2.15. The van der Waals surface area contributed by atoms with Crippen molar-refractivity contribution < 1.29 is 9.53 Å². The molecule has 18 heavy (non-hydrogen) atoms. The Morgan fingerprint density at radius 3 is 2.56 bits per heavy atom. The Morgan fingerprint density at radius 2 is 2.00 bits per heavy atom. The molecule has 2 unspecified atom stereocenters. The molecule has 0 fully saturated rings. The molecule has 0 aliphatic rings. The van der Waals surface area contributed by atoms with Crippen LogP contribution in [0.15, 0.2) is 30.3 Å². The summed E-state index contributed by atoms with van der Waals surface area (Å²) >= 11 is 0. The van der Waals surface area contributed by atoms with Crippen molar-refractivity contribution >= 4 is 18.3 Å². The number of methoxy groups -OCH3 is 1. The van der Waals surface area contributed by atoms with Gasteiger partial charge in [0.2, 0.25) is 5.91 Å². The molecule has 5 heteroatoms. The number of nitrogens with two attached hydrogens (primary N) is 1. The fourth-order valence-corrected chi connectivity index (χ4v) is 1.54. The van der Waals surface area contributed by atoms with Crippen LogP contribution >= 0.6 is 12.4 Å². The largest absolute Gasteiger partial charge is 0.384 e. The Balaban J connectivity index is 0.00000289. The van der Waals surface area contributed by atoms with Gasteiger partial charge in [-0.3, -0.25) is 4.79 Å². The van der Waals surface area contributed by atoms with E-state index in [1.54, 1.807) is 7.11 Å². The van der Waals surface area contributed by atoms with E-state index in [-0.39, 0.29) is 24.2 Å². The molecule has 0 heterocycles. The van der Waals surface area contributed by atoms with E-state index in [4.69, 9.17) is 10.5 Å². The summed E-state index contributed by atoms with van der Waals surface area (Å²) in [6.07, 6.45) is 0. The van der Waals surface area contributed by atoms with E-state index in [1.807, 2.05) is 37.3 Å². The fourth-order valence-electron chi connectivity index (χ4n) is 1.54. The molecule has 0 aliphatic heterocycles. The fraction of sp³-hybridized carbons (Fsp3) is 0.462. The monoisotopic (exact) mass is 272 g/mol. The van der Waals surface area contributed by atoms with Gasteiger partial charge in [0.15, 0.2) is 0 Å². The predicted molar refractivity (Wildman–Crippen MR) is 74.7 cm³/mol. The molecule has 0 radical (unpaired) electrons. The Kier molecular flexibility index (Phi) is 8.37.